The van der Waals surface area contributed by atoms with Gasteiger partial charge in [-0.1, -0.05) is 25.4 Å². The van der Waals surface area contributed by atoms with E-state index in [-0.39, 0.29) is 11.5 Å². The summed E-state index contributed by atoms with van der Waals surface area (Å²) in [6.07, 6.45) is 12.8. The van der Waals surface area contributed by atoms with Crippen molar-refractivity contribution in [3.8, 4) is 0 Å². The maximum Gasteiger partial charge on any atom is 0.535 e. The molecule has 0 aromatic carbocycles. The highest BCUT2D eigenvalue weighted by atomic mass is 16.8. The number of fused-ring (bicyclic) bond motifs is 5. The molecule has 1 saturated heterocycles. The predicted octanol–water partition coefficient (Wildman–Crippen LogP) is 5.89. The Morgan fingerprint density at radius 2 is 1.85 bits per heavy atom. The summed E-state index contributed by atoms with van der Waals surface area (Å²) in [5.74, 6) is 3.68. The lowest BCUT2D eigenvalue weighted by molar-refractivity contribution is -0.138. The Labute approximate surface area is 205 Å². The van der Waals surface area contributed by atoms with Crippen LogP contribution in [0.5, 0.6) is 0 Å². The van der Waals surface area contributed by atoms with E-state index < -0.39 is 6.16 Å². The molecule has 1 unspecified atom stereocenters. The maximum absolute atomic E-state index is 12.1. The summed E-state index contributed by atoms with van der Waals surface area (Å²) in [5, 5.41) is 7.66. The molecule has 1 N–H and O–H groups in total. The van der Waals surface area contributed by atoms with Gasteiger partial charge in [0.1, 0.15) is 12.4 Å². The van der Waals surface area contributed by atoms with Gasteiger partial charge in [0, 0.05) is 24.8 Å². The van der Waals surface area contributed by atoms with Crippen LogP contribution in [-0.4, -0.2) is 36.8 Å². The summed E-state index contributed by atoms with van der Waals surface area (Å²) < 4.78 is 5.31. The van der Waals surface area contributed by atoms with Crippen molar-refractivity contribution in [1.29, 1.82) is 0 Å². The van der Waals surface area contributed by atoms with E-state index in [0.717, 1.165) is 56.2 Å². The molecule has 190 valence electrons. The van der Waals surface area contributed by atoms with Gasteiger partial charge in [-0.2, -0.15) is 0 Å². The number of hydrogen-bond donors (Lipinski definition) is 1. The molecule has 6 heteroatoms. The number of carbonyl (C=O) groups is 2. The van der Waals surface area contributed by atoms with Crippen LogP contribution in [0.2, 0.25) is 0 Å². The number of nitrogens with zero attached hydrogens (tertiary/aromatic N) is 1. The smallest absolute Gasteiger partial charge is 0.431 e. The van der Waals surface area contributed by atoms with Crippen LogP contribution in [0.25, 0.3) is 0 Å². The van der Waals surface area contributed by atoms with Crippen molar-refractivity contribution < 1.29 is 19.2 Å². The Bertz CT molecular complexity index is 821. The molecule has 0 aromatic heterocycles. The highest BCUT2D eigenvalue weighted by Gasteiger charge is 2.60. The quantitative estimate of drug-likeness (QED) is 0.239. The molecule has 4 aliphatic carbocycles. The molecule has 0 aromatic rings. The number of rotatable bonds is 4. The van der Waals surface area contributed by atoms with Crippen molar-refractivity contribution in [2.45, 2.75) is 104 Å². The second kappa shape index (κ2) is 9.55. The van der Waals surface area contributed by atoms with E-state index in [1.54, 1.807) is 0 Å². The first-order valence-corrected chi connectivity index (χ1v) is 13.9. The van der Waals surface area contributed by atoms with Gasteiger partial charge in [-0.15, -0.1) is 0 Å². The number of nitrogens with one attached hydrogen (secondary N) is 1. The molecule has 0 amide bonds. The Morgan fingerprint density at radius 1 is 1.03 bits per heavy atom. The van der Waals surface area contributed by atoms with Crippen LogP contribution in [0, 0.1) is 40.4 Å². The summed E-state index contributed by atoms with van der Waals surface area (Å²) in [6.45, 7) is 8.35. The normalized spacial score (nSPS) is 44.6. The molecule has 4 saturated carbocycles. The molecule has 1 aliphatic heterocycles. The molecular weight excluding hydrogens is 428 g/mol. The zero-order valence-electron chi connectivity index (χ0n) is 21.4. The van der Waals surface area contributed by atoms with Crippen molar-refractivity contribution in [3.63, 3.8) is 0 Å². The van der Waals surface area contributed by atoms with E-state index in [1.165, 1.54) is 44.9 Å². The highest BCUT2D eigenvalue weighted by Crippen LogP contribution is 2.67. The Morgan fingerprint density at radius 3 is 2.65 bits per heavy atom. The lowest BCUT2D eigenvalue weighted by Gasteiger charge is -2.60. The standard InChI is InChI=1S/C28H44N2O4/c1-18(30-34-26(32)33-17-20-6-4-5-15-29-20)23-9-10-24-22-8-7-19-16-21(31)11-13-27(19,2)25(22)12-14-28(23,24)3/h19-20,22-25,29H,4-17H2,1-3H3/b30-18+/t19-,20?,22-,23+,24-,25-,27-,28+/m0/s1. The first-order chi connectivity index (χ1) is 16.3. The number of ketones is 1. The fraction of sp³-hybridized carbons (Fsp3) is 0.893. The average molecular weight is 473 g/mol. The molecule has 5 rings (SSSR count). The van der Waals surface area contributed by atoms with Crippen LogP contribution in [0.3, 0.4) is 0 Å². The first kappa shape index (κ1) is 24.3. The molecule has 5 aliphatic rings. The monoisotopic (exact) mass is 472 g/mol. The molecule has 5 fully saturated rings. The molecule has 1 heterocycles. The van der Waals surface area contributed by atoms with Crippen LogP contribution in [0.4, 0.5) is 4.79 Å². The van der Waals surface area contributed by atoms with Crippen molar-refractivity contribution in [2.24, 2.45) is 45.6 Å². The Hall–Kier alpha value is -1.43. The zero-order valence-corrected chi connectivity index (χ0v) is 21.4. The molecule has 0 spiro atoms. The number of carbonyl (C=O) groups excluding carboxylic acids is 2. The fourth-order valence-corrected chi connectivity index (χ4v) is 9.17. The number of Topliss-reactive ketones (excluding diaryl/α,β-unsaturated/α-hetero) is 1. The van der Waals surface area contributed by atoms with Crippen molar-refractivity contribution in [1.82, 2.24) is 5.32 Å². The van der Waals surface area contributed by atoms with Crippen LogP contribution in [0.15, 0.2) is 5.16 Å². The minimum Gasteiger partial charge on any atom is -0.431 e. The number of hydrogen-bond acceptors (Lipinski definition) is 6. The van der Waals surface area contributed by atoms with Gasteiger partial charge in [0.25, 0.3) is 0 Å². The molecule has 0 radical (unpaired) electrons. The van der Waals surface area contributed by atoms with Gasteiger partial charge in [-0.25, -0.2) is 4.79 Å². The lowest BCUT2D eigenvalue weighted by Crippen LogP contribution is -2.53. The van der Waals surface area contributed by atoms with Gasteiger partial charge in [0.15, 0.2) is 0 Å². The number of piperidine rings is 1. The van der Waals surface area contributed by atoms with Gasteiger partial charge >= 0.3 is 6.16 Å². The first-order valence-electron chi connectivity index (χ1n) is 13.9. The summed E-state index contributed by atoms with van der Waals surface area (Å²) in [5.41, 5.74) is 1.51. The minimum absolute atomic E-state index is 0.224. The van der Waals surface area contributed by atoms with E-state index in [2.05, 4.69) is 24.3 Å². The van der Waals surface area contributed by atoms with Gasteiger partial charge in [0.2, 0.25) is 0 Å². The van der Waals surface area contributed by atoms with Crippen LogP contribution in [0.1, 0.15) is 97.8 Å². The second-order valence-electron chi connectivity index (χ2n) is 12.6. The van der Waals surface area contributed by atoms with Gasteiger partial charge in [-0.05, 0) is 106 Å². The summed E-state index contributed by atoms with van der Waals surface area (Å²) in [7, 11) is 0. The average Bonchev–Trinajstić information content (AvgIpc) is 3.19. The van der Waals surface area contributed by atoms with Crippen LogP contribution >= 0.6 is 0 Å². The summed E-state index contributed by atoms with van der Waals surface area (Å²) >= 11 is 0. The third-order valence-corrected chi connectivity index (χ3v) is 11.1. The van der Waals surface area contributed by atoms with Gasteiger partial charge in [0.05, 0.1) is 5.71 Å². The van der Waals surface area contributed by atoms with Crippen molar-refractivity contribution in [2.75, 3.05) is 13.2 Å². The summed E-state index contributed by atoms with van der Waals surface area (Å²) in [6, 6.07) is 0.232. The predicted molar refractivity (Wildman–Crippen MR) is 131 cm³/mol. The number of oxime groups is 1. The van der Waals surface area contributed by atoms with E-state index in [0.29, 0.717) is 35.6 Å². The third kappa shape index (κ3) is 4.33. The van der Waals surface area contributed by atoms with Crippen molar-refractivity contribution in [3.05, 3.63) is 0 Å². The lowest BCUT2D eigenvalue weighted by atomic mass is 9.44. The molecular formula is C28H44N2O4. The Balaban J connectivity index is 1.21. The number of ether oxygens (including phenoxy) is 1. The minimum atomic E-state index is -0.687. The van der Waals surface area contributed by atoms with Crippen LogP contribution in [-0.2, 0) is 14.4 Å². The summed E-state index contributed by atoms with van der Waals surface area (Å²) in [4.78, 5) is 29.5. The second-order valence-corrected chi connectivity index (χ2v) is 12.6. The Kier molecular flexibility index (Phi) is 6.82. The van der Waals surface area contributed by atoms with Gasteiger partial charge < -0.3 is 10.1 Å². The largest absolute Gasteiger partial charge is 0.535 e. The van der Waals surface area contributed by atoms with E-state index in [4.69, 9.17) is 9.57 Å². The molecule has 0 bridgehead atoms. The topological polar surface area (TPSA) is 77.0 Å². The molecule has 34 heavy (non-hydrogen) atoms. The van der Waals surface area contributed by atoms with Gasteiger partial charge in [-0.3, -0.25) is 9.63 Å². The molecule has 8 atom stereocenters. The van der Waals surface area contributed by atoms with Crippen molar-refractivity contribution >= 4 is 17.7 Å². The highest BCUT2D eigenvalue weighted by molar-refractivity contribution is 5.85. The third-order valence-electron chi connectivity index (χ3n) is 11.1. The van der Waals surface area contributed by atoms with Crippen LogP contribution < -0.4 is 5.32 Å². The van der Waals surface area contributed by atoms with E-state index >= 15 is 0 Å². The maximum atomic E-state index is 12.1. The molecule has 6 nitrogen and oxygen atoms in total. The fourth-order valence-electron chi connectivity index (χ4n) is 9.17. The zero-order chi connectivity index (χ0) is 23.9. The van der Waals surface area contributed by atoms with E-state index in [1.807, 2.05) is 6.92 Å². The van der Waals surface area contributed by atoms with E-state index in [9.17, 15) is 9.59 Å². The SMILES string of the molecule is C/C(=N\OC(=O)OCC1CCCCN1)[C@H]1CC[C@H]2[C@@H]3CC[C@H]4CC(=O)CC[C@]4(C)[C@H]3CC[C@]12C.